The zero-order chi connectivity index (χ0) is 13.1. The van der Waals surface area contributed by atoms with E-state index in [9.17, 15) is 14.7 Å². The second-order valence-electron chi connectivity index (χ2n) is 3.82. The average molecular weight is 248 g/mol. The molecular weight excluding hydrogens is 236 g/mol. The molecule has 2 aromatic rings. The van der Waals surface area contributed by atoms with Gasteiger partial charge in [0.05, 0.1) is 6.42 Å². The van der Waals surface area contributed by atoms with Crippen LogP contribution in [0.2, 0.25) is 0 Å². The van der Waals surface area contributed by atoms with Gasteiger partial charge in [-0.1, -0.05) is 6.07 Å². The molecule has 94 valence electrons. The molecule has 0 saturated carbocycles. The lowest BCUT2D eigenvalue weighted by Crippen LogP contribution is -2.26. The minimum atomic E-state index is -0.968. The van der Waals surface area contributed by atoms with E-state index in [1.54, 1.807) is 12.1 Å². The van der Waals surface area contributed by atoms with Crippen LogP contribution in [0.15, 0.2) is 24.3 Å². The molecule has 0 aliphatic heterocycles. The monoisotopic (exact) mass is 248 g/mol. The number of carbonyl (C=O) groups is 2. The number of nitrogens with one attached hydrogen (secondary N) is 2. The maximum Gasteiger partial charge on any atom is 0.305 e. The zero-order valence-corrected chi connectivity index (χ0v) is 9.43. The lowest BCUT2D eigenvalue weighted by molar-refractivity contribution is -0.136. The van der Waals surface area contributed by atoms with E-state index < -0.39 is 11.9 Å². The Balaban J connectivity index is 2.13. The van der Waals surface area contributed by atoms with Crippen LogP contribution in [0.25, 0.3) is 10.9 Å². The maximum absolute atomic E-state index is 11.7. The fraction of sp³-hybridized carbons (Fsp3) is 0.167. The van der Waals surface area contributed by atoms with Crippen molar-refractivity contribution in [3.8, 4) is 5.75 Å². The van der Waals surface area contributed by atoms with Gasteiger partial charge in [0.2, 0.25) is 0 Å². The first kappa shape index (κ1) is 12.0. The highest BCUT2D eigenvalue weighted by Gasteiger charge is 2.11. The second kappa shape index (κ2) is 4.79. The van der Waals surface area contributed by atoms with Crippen molar-refractivity contribution in [1.82, 2.24) is 10.3 Å². The number of carboxylic acid groups (broad SMARTS) is 1. The fourth-order valence-electron chi connectivity index (χ4n) is 1.64. The minimum Gasteiger partial charge on any atom is -0.507 e. The lowest BCUT2D eigenvalue weighted by Gasteiger charge is -2.00. The maximum atomic E-state index is 11.7. The highest BCUT2D eigenvalue weighted by molar-refractivity contribution is 5.99. The van der Waals surface area contributed by atoms with E-state index >= 15 is 0 Å². The molecular formula is C12H12N2O4. The van der Waals surface area contributed by atoms with Crippen molar-refractivity contribution in [3.05, 3.63) is 30.0 Å². The highest BCUT2D eigenvalue weighted by Crippen LogP contribution is 2.24. The van der Waals surface area contributed by atoms with Crippen LogP contribution in [0.5, 0.6) is 5.75 Å². The third-order valence-corrected chi connectivity index (χ3v) is 2.51. The highest BCUT2D eigenvalue weighted by atomic mass is 16.4. The van der Waals surface area contributed by atoms with Gasteiger partial charge in [-0.05, 0) is 18.2 Å². The van der Waals surface area contributed by atoms with E-state index in [0.29, 0.717) is 10.9 Å². The summed E-state index contributed by atoms with van der Waals surface area (Å²) >= 11 is 0. The van der Waals surface area contributed by atoms with E-state index in [4.69, 9.17) is 5.11 Å². The number of phenolic OH excluding ortho intramolecular Hbond substituents is 1. The van der Waals surface area contributed by atoms with Crippen LogP contribution in [0.1, 0.15) is 16.9 Å². The summed E-state index contributed by atoms with van der Waals surface area (Å²) in [5, 5.41) is 21.1. The number of aliphatic carboxylic acids is 1. The number of benzene rings is 1. The molecule has 1 heterocycles. The van der Waals surface area contributed by atoms with Crippen LogP contribution in [0.3, 0.4) is 0 Å². The number of amides is 1. The number of carbonyl (C=O) groups excluding carboxylic acids is 1. The molecule has 1 aromatic heterocycles. The number of carboxylic acids is 1. The Bertz CT molecular complexity index is 603. The molecule has 0 fully saturated rings. The van der Waals surface area contributed by atoms with E-state index in [-0.39, 0.29) is 24.4 Å². The summed E-state index contributed by atoms with van der Waals surface area (Å²) in [4.78, 5) is 24.9. The Morgan fingerprint density at radius 3 is 2.78 bits per heavy atom. The number of phenols is 1. The molecule has 6 nitrogen and oxygen atoms in total. The van der Waals surface area contributed by atoms with Crippen LogP contribution in [-0.2, 0) is 4.79 Å². The lowest BCUT2D eigenvalue weighted by atomic mass is 10.2. The zero-order valence-electron chi connectivity index (χ0n) is 9.43. The number of hydrogen-bond donors (Lipinski definition) is 4. The SMILES string of the molecule is O=C(O)CCNC(=O)c1cc2c(O)cccc2[nH]1. The first-order valence-electron chi connectivity index (χ1n) is 5.38. The fourth-order valence-corrected chi connectivity index (χ4v) is 1.64. The molecule has 2 rings (SSSR count). The predicted molar refractivity (Wildman–Crippen MR) is 64.5 cm³/mol. The molecule has 6 heteroatoms. The third-order valence-electron chi connectivity index (χ3n) is 2.51. The van der Waals surface area contributed by atoms with Gasteiger partial charge in [0.1, 0.15) is 11.4 Å². The summed E-state index contributed by atoms with van der Waals surface area (Å²) in [7, 11) is 0. The largest absolute Gasteiger partial charge is 0.507 e. The van der Waals surface area contributed by atoms with E-state index in [2.05, 4.69) is 10.3 Å². The predicted octanol–water partition coefficient (Wildman–Crippen LogP) is 1.08. The summed E-state index contributed by atoms with van der Waals surface area (Å²) in [5.74, 6) is -1.27. The van der Waals surface area contributed by atoms with Gasteiger partial charge in [-0.25, -0.2) is 0 Å². The van der Waals surface area contributed by atoms with Gasteiger partial charge < -0.3 is 20.5 Å². The topological polar surface area (TPSA) is 102 Å². The molecule has 4 N–H and O–H groups in total. The van der Waals surface area contributed by atoms with Crippen LogP contribution in [0, 0.1) is 0 Å². The van der Waals surface area contributed by atoms with Gasteiger partial charge >= 0.3 is 5.97 Å². The summed E-state index contributed by atoms with van der Waals surface area (Å²) in [6, 6.07) is 6.46. The standard InChI is InChI=1S/C12H12N2O4/c15-10-3-1-2-8-7(10)6-9(14-8)12(18)13-5-4-11(16)17/h1-3,6,14-15H,4-5H2,(H,13,18)(H,16,17). The molecule has 0 bridgehead atoms. The molecule has 0 aliphatic carbocycles. The molecule has 0 atom stereocenters. The van der Waals surface area contributed by atoms with Crippen LogP contribution in [-0.4, -0.2) is 33.6 Å². The summed E-state index contributed by atoms with van der Waals surface area (Å²) < 4.78 is 0. The van der Waals surface area contributed by atoms with E-state index in [1.807, 2.05) is 0 Å². The molecule has 1 amide bonds. The molecule has 0 saturated heterocycles. The summed E-state index contributed by atoms with van der Waals surface area (Å²) in [6.45, 7) is 0.0650. The number of hydrogen-bond acceptors (Lipinski definition) is 3. The Hall–Kier alpha value is -2.50. The van der Waals surface area contributed by atoms with E-state index in [1.165, 1.54) is 12.1 Å². The van der Waals surface area contributed by atoms with Gasteiger partial charge in [0.25, 0.3) is 5.91 Å². The number of rotatable bonds is 4. The van der Waals surface area contributed by atoms with Crippen molar-refractivity contribution in [2.45, 2.75) is 6.42 Å². The quantitative estimate of drug-likeness (QED) is 0.650. The number of H-pyrrole nitrogens is 1. The Labute approximate surface area is 102 Å². The molecule has 18 heavy (non-hydrogen) atoms. The van der Waals surface area contributed by atoms with E-state index in [0.717, 1.165) is 0 Å². The van der Waals surface area contributed by atoms with Crippen molar-refractivity contribution in [2.24, 2.45) is 0 Å². The Kier molecular flexibility index (Phi) is 3.18. The van der Waals surface area contributed by atoms with Crippen molar-refractivity contribution in [2.75, 3.05) is 6.54 Å². The number of aromatic amines is 1. The normalized spacial score (nSPS) is 10.4. The van der Waals surface area contributed by atoms with Crippen molar-refractivity contribution in [1.29, 1.82) is 0 Å². The van der Waals surface area contributed by atoms with Gasteiger partial charge in [0, 0.05) is 17.4 Å². The Morgan fingerprint density at radius 2 is 2.11 bits per heavy atom. The van der Waals surface area contributed by atoms with Crippen LogP contribution >= 0.6 is 0 Å². The first-order chi connectivity index (χ1) is 8.58. The van der Waals surface area contributed by atoms with Crippen molar-refractivity contribution in [3.63, 3.8) is 0 Å². The molecule has 0 radical (unpaired) electrons. The van der Waals surface area contributed by atoms with Crippen molar-refractivity contribution < 1.29 is 19.8 Å². The minimum absolute atomic E-state index is 0.0650. The summed E-state index contributed by atoms with van der Waals surface area (Å²) in [5.41, 5.74) is 0.940. The summed E-state index contributed by atoms with van der Waals surface area (Å²) in [6.07, 6.45) is -0.128. The van der Waals surface area contributed by atoms with Gasteiger partial charge in [0.15, 0.2) is 0 Å². The van der Waals surface area contributed by atoms with Crippen LogP contribution in [0.4, 0.5) is 0 Å². The van der Waals surface area contributed by atoms with Gasteiger partial charge in [-0.3, -0.25) is 9.59 Å². The third kappa shape index (κ3) is 2.42. The number of aromatic nitrogens is 1. The first-order valence-corrected chi connectivity index (χ1v) is 5.38. The number of aromatic hydroxyl groups is 1. The average Bonchev–Trinajstić information content (AvgIpc) is 2.74. The Morgan fingerprint density at radius 1 is 1.33 bits per heavy atom. The second-order valence-corrected chi connectivity index (χ2v) is 3.82. The molecule has 0 aliphatic rings. The number of fused-ring (bicyclic) bond motifs is 1. The molecule has 1 aromatic carbocycles. The van der Waals surface area contributed by atoms with Gasteiger partial charge in [-0.2, -0.15) is 0 Å². The van der Waals surface area contributed by atoms with Crippen molar-refractivity contribution >= 4 is 22.8 Å². The molecule has 0 unspecified atom stereocenters. The smallest absolute Gasteiger partial charge is 0.305 e. The van der Waals surface area contributed by atoms with Crippen LogP contribution < -0.4 is 5.32 Å². The molecule has 0 spiro atoms. The van der Waals surface area contributed by atoms with Gasteiger partial charge in [-0.15, -0.1) is 0 Å².